The predicted octanol–water partition coefficient (Wildman–Crippen LogP) is 3.48. The van der Waals surface area contributed by atoms with Crippen LogP contribution in [-0.4, -0.2) is 15.7 Å². The molecule has 0 unspecified atom stereocenters. The zero-order valence-corrected chi connectivity index (χ0v) is 14.2. The molecule has 5 nitrogen and oxygen atoms in total. The Morgan fingerprint density at radius 1 is 1.36 bits per heavy atom. The van der Waals surface area contributed by atoms with Gasteiger partial charge in [-0.15, -0.1) is 0 Å². The number of nitrogens with one attached hydrogen (secondary N) is 1. The molecule has 0 spiro atoms. The van der Waals surface area contributed by atoms with Crippen molar-refractivity contribution in [2.24, 2.45) is 7.05 Å². The second-order valence-electron chi connectivity index (χ2n) is 5.25. The van der Waals surface area contributed by atoms with Crippen molar-refractivity contribution >= 4 is 32.8 Å². The quantitative estimate of drug-likeness (QED) is 0.776. The van der Waals surface area contributed by atoms with Gasteiger partial charge in [-0.25, -0.2) is 0 Å². The van der Waals surface area contributed by atoms with Gasteiger partial charge in [-0.05, 0) is 38.1 Å². The summed E-state index contributed by atoms with van der Waals surface area (Å²) in [6, 6.07) is 7.43. The van der Waals surface area contributed by atoms with Gasteiger partial charge in [0.05, 0.1) is 5.69 Å². The number of aryl methyl sites for hydroxylation is 2. The molecule has 2 heterocycles. The number of hydrogen-bond acceptors (Lipinski definition) is 3. The molecule has 0 aliphatic heterocycles. The topological polar surface area (TPSA) is 60.1 Å². The van der Waals surface area contributed by atoms with Gasteiger partial charge in [0.25, 0.3) is 5.91 Å². The SMILES string of the molecule is Cc1nn(C)c(C)c1CNC(=O)c1cc2ccc(Br)cc2o1. The first kappa shape index (κ1) is 14.8. The minimum atomic E-state index is -0.227. The van der Waals surface area contributed by atoms with Gasteiger partial charge in [-0.2, -0.15) is 5.10 Å². The molecule has 0 radical (unpaired) electrons. The van der Waals surface area contributed by atoms with Crippen molar-refractivity contribution < 1.29 is 9.21 Å². The van der Waals surface area contributed by atoms with Crippen molar-refractivity contribution in [2.45, 2.75) is 20.4 Å². The lowest BCUT2D eigenvalue weighted by atomic mass is 10.2. The molecule has 1 amide bonds. The first-order chi connectivity index (χ1) is 10.5. The van der Waals surface area contributed by atoms with Crippen molar-refractivity contribution in [1.82, 2.24) is 15.1 Å². The van der Waals surface area contributed by atoms with Gasteiger partial charge in [0.1, 0.15) is 5.58 Å². The third-order valence-corrected chi connectivity index (χ3v) is 4.28. The van der Waals surface area contributed by atoms with Crippen molar-refractivity contribution in [3.8, 4) is 0 Å². The van der Waals surface area contributed by atoms with Crippen molar-refractivity contribution in [3.63, 3.8) is 0 Å². The Balaban J connectivity index is 1.78. The Morgan fingerprint density at radius 2 is 2.14 bits per heavy atom. The lowest BCUT2D eigenvalue weighted by Gasteiger charge is -2.03. The lowest BCUT2D eigenvalue weighted by molar-refractivity contribution is 0.0925. The Labute approximate surface area is 136 Å². The maximum Gasteiger partial charge on any atom is 0.287 e. The molecule has 114 valence electrons. The summed E-state index contributed by atoms with van der Waals surface area (Å²) >= 11 is 3.39. The van der Waals surface area contributed by atoms with Crippen molar-refractivity contribution in [1.29, 1.82) is 0 Å². The van der Waals surface area contributed by atoms with Crippen molar-refractivity contribution in [2.75, 3.05) is 0 Å². The van der Waals surface area contributed by atoms with E-state index in [1.54, 1.807) is 6.07 Å². The zero-order chi connectivity index (χ0) is 15.9. The number of halogens is 1. The van der Waals surface area contributed by atoms with Crippen LogP contribution in [0, 0.1) is 13.8 Å². The molecule has 6 heteroatoms. The fourth-order valence-electron chi connectivity index (χ4n) is 2.45. The number of nitrogens with zero attached hydrogens (tertiary/aromatic N) is 2. The van der Waals surface area contributed by atoms with Gasteiger partial charge >= 0.3 is 0 Å². The molecule has 22 heavy (non-hydrogen) atoms. The van der Waals surface area contributed by atoms with E-state index in [0.29, 0.717) is 17.9 Å². The highest BCUT2D eigenvalue weighted by molar-refractivity contribution is 9.10. The van der Waals surface area contributed by atoms with E-state index in [1.165, 1.54) is 0 Å². The molecule has 0 fully saturated rings. The van der Waals surface area contributed by atoms with Crippen LogP contribution >= 0.6 is 15.9 Å². The van der Waals surface area contributed by atoms with Crippen LogP contribution in [0.15, 0.2) is 33.2 Å². The van der Waals surface area contributed by atoms with Crippen molar-refractivity contribution in [3.05, 3.63) is 51.4 Å². The third-order valence-electron chi connectivity index (χ3n) is 3.79. The van der Waals surface area contributed by atoms with Gasteiger partial charge in [-0.1, -0.05) is 15.9 Å². The van der Waals surface area contributed by atoms with E-state index in [-0.39, 0.29) is 5.91 Å². The van der Waals surface area contributed by atoms with E-state index in [1.807, 2.05) is 43.8 Å². The van der Waals surface area contributed by atoms with Gasteiger partial charge in [0.15, 0.2) is 5.76 Å². The number of carbonyl (C=O) groups is 1. The number of fused-ring (bicyclic) bond motifs is 1. The summed E-state index contributed by atoms with van der Waals surface area (Å²) < 4.78 is 8.34. The molecule has 0 aliphatic rings. The summed E-state index contributed by atoms with van der Waals surface area (Å²) in [4.78, 5) is 12.3. The third kappa shape index (κ3) is 2.66. The smallest absolute Gasteiger partial charge is 0.287 e. The molecule has 0 atom stereocenters. The maximum atomic E-state index is 12.3. The van der Waals surface area contributed by atoms with Crippen LogP contribution in [0.4, 0.5) is 0 Å². The molecule has 3 aromatic rings. The first-order valence-electron chi connectivity index (χ1n) is 6.92. The van der Waals surface area contributed by atoms with E-state index >= 15 is 0 Å². The summed E-state index contributed by atoms with van der Waals surface area (Å²) in [6.45, 7) is 4.36. The van der Waals surface area contributed by atoms with Crippen LogP contribution < -0.4 is 5.32 Å². The highest BCUT2D eigenvalue weighted by atomic mass is 79.9. The molecule has 2 aromatic heterocycles. The van der Waals surface area contributed by atoms with E-state index in [0.717, 1.165) is 26.8 Å². The number of furan rings is 1. The molecule has 1 aromatic carbocycles. The average molecular weight is 362 g/mol. The molecule has 0 bridgehead atoms. The van der Waals surface area contributed by atoms with E-state index in [9.17, 15) is 4.79 Å². The number of benzene rings is 1. The minimum absolute atomic E-state index is 0.227. The summed E-state index contributed by atoms with van der Waals surface area (Å²) in [6.07, 6.45) is 0. The maximum absolute atomic E-state index is 12.3. The molecule has 1 N–H and O–H groups in total. The van der Waals surface area contributed by atoms with E-state index < -0.39 is 0 Å². The highest BCUT2D eigenvalue weighted by Gasteiger charge is 2.15. The Kier molecular flexibility index (Phi) is 3.78. The van der Waals surface area contributed by atoms with Crippen LogP contribution in [0.2, 0.25) is 0 Å². The normalized spacial score (nSPS) is 11.1. The molecule has 0 saturated heterocycles. The van der Waals surface area contributed by atoms with Crippen LogP contribution in [-0.2, 0) is 13.6 Å². The standard InChI is InChI=1S/C16H16BrN3O2/c1-9-13(10(2)20(3)19-9)8-18-16(21)15-6-11-4-5-12(17)7-14(11)22-15/h4-7H,8H2,1-3H3,(H,18,21). The second kappa shape index (κ2) is 5.61. The molecule has 0 saturated carbocycles. The Bertz CT molecular complexity index is 864. The second-order valence-corrected chi connectivity index (χ2v) is 6.16. The van der Waals surface area contributed by atoms with E-state index in [2.05, 4.69) is 26.3 Å². The largest absolute Gasteiger partial charge is 0.451 e. The molecule has 3 rings (SSSR count). The van der Waals surface area contributed by atoms with Crippen LogP contribution in [0.25, 0.3) is 11.0 Å². The highest BCUT2D eigenvalue weighted by Crippen LogP contribution is 2.23. The Morgan fingerprint density at radius 3 is 2.82 bits per heavy atom. The van der Waals surface area contributed by atoms with Crippen LogP contribution in [0.1, 0.15) is 27.5 Å². The average Bonchev–Trinajstić information content (AvgIpc) is 2.99. The van der Waals surface area contributed by atoms with Gasteiger partial charge in [0.2, 0.25) is 0 Å². The van der Waals surface area contributed by atoms with E-state index in [4.69, 9.17) is 4.42 Å². The number of carbonyl (C=O) groups excluding carboxylic acids is 1. The summed E-state index contributed by atoms with van der Waals surface area (Å²) in [5, 5.41) is 8.14. The monoisotopic (exact) mass is 361 g/mol. The minimum Gasteiger partial charge on any atom is -0.451 e. The molecule has 0 aliphatic carbocycles. The fraction of sp³-hybridized carbons (Fsp3) is 0.250. The fourth-order valence-corrected chi connectivity index (χ4v) is 2.79. The van der Waals surface area contributed by atoms with Crippen LogP contribution in [0.5, 0.6) is 0 Å². The Hall–Kier alpha value is -2.08. The van der Waals surface area contributed by atoms with Gasteiger partial charge in [-0.3, -0.25) is 9.48 Å². The van der Waals surface area contributed by atoms with Crippen LogP contribution in [0.3, 0.4) is 0 Å². The number of amides is 1. The number of rotatable bonds is 3. The van der Waals surface area contributed by atoms with Gasteiger partial charge < -0.3 is 9.73 Å². The predicted molar refractivity (Wildman–Crippen MR) is 87.8 cm³/mol. The summed E-state index contributed by atoms with van der Waals surface area (Å²) in [5.74, 6) is 0.0854. The van der Waals surface area contributed by atoms with Gasteiger partial charge in [0, 0.05) is 34.7 Å². The first-order valence-corrected chi connectivity index (χ1v) is 7.71. The summed E-state index contributed by atoms with van der Waals surface area (Å²) in [5.41, 5.74) is 3.70. The number of aromatic nitrogens is 2. The lowest BCUT2D eigenvalue weighted by Crippen LogP contribution is -2.22. The summed E-state index contributed by atoms with van der Waals surface area (Å²) in [7, 11) is 1.89. The molecular weight excluding hydrogens is 346 g/mol. The zero-order valence-electron chi connectivity index (χ0n) is 12.6. The number of hydrogen-bond donors (Lipinski definition) is 1. The molecular formula is C16H16BrN3O2.